The highest BCUT2D eigenvalue weighted by atomic mass is 32.2. The minimum Gasteiger partial charge on any atom is -0.379 e. The minimum atomic E-state index is -4.80. The van der Waals surface area contributed by atoms with Crippen LogP contribution >= 0.6 is 11.3 Å². The first-order chi connectivity index (χ1) is 16.0. The zero-order valence-electron chi connectivity index (χ0n) is 18.7. The Bertz CT molecular complexity index is 1050. The molecule has 3 heterocycles. The van der Waals surface area contributed by atoms with Crippen molar-refractivity contribution in [1.82, 2.24) is 9.21 Å². The van der Waals surface area contributed by atoms with Gasteiger partial charge in [0.05, 0.1) is 19.3 Å². The smallest absolute Gasteiger partial charge is 0.379 e. The maximum atomic E-state index is 13.2. The van der Waals surface area contributed by atoms with Crippen LogP contribution in [-0.2, 0) is 20.4 Å². The van der Waals surface area contributed by atoms with Crippen molar-refractivity contribution >= 4 is 27.0 Å². The highest BCUT2D eigenvalue weighted by Gasteiger charge is 2.51. The van der Waals surface area contributed by atoms with Crippen molar-refractivity contribution in [2.24, 2.45) is 0 Å². The summed E-state index contributed by atoms with van der Waals surface area (Å²) in [5.41, 5.74) is -2.51. The summed E-state index contributed by atoms with van der Waals surface area (Å²) >= 11 is 1.18. The molecule has 0 amide bonds. The predicted molar refractivity (Wildman–Crippen MR) is 124 cm³/mol. The van der Waals surface area contributed by atoms with Gasteiger partial charge in [-0.25, -0.2) is 8.42 Å². The maximum Gasteiger partial charge on any atom is 0.421 e. The number of anilines is 1. The summed E-state index contributed by atoms with van der Waals surface area (Å²) in [7, 11) is -3.62. The number of nitrogens with zero attached hydrogens (tertiary/aromatic N) is 3. The Labute approximate surface area is 201 Å². The third-order valence-electron chi connectivity index (χ3n) is 6.42. The van der Waals surface area contributed by atoms with Gasteiger partial charge in [-0.15, -0.1) is 11.3 Å². The Balaban J connectivity index is 1.58. The lowest BCUT2D eigenvalue weighted by molar-refractivity contribution is -0.258. The van der Waals surface area contributed by atoms with E-state index < -0.39 is 21.8 Å². The average Bonchev–Trinajstić information content (AvgIpc) is 3.35. The van der Waals surface area contributed by atoms with Crippen LogP contribution in [0.1, 0.15) is 12.5 Å². The number of sulfonamides is 1. The van der Waals surface area contributed by atoms with Crippen LogP contribution in [0.25, 0.3) is 0 Å². The Morgan fingerprint density at radius 2 is 1.76 bits per heavy atom. The molecule has 1 N–H and O–H groups in total. The molecule has 2 fully saturated rings. The van der Waals surface area contributed by atoms with Gasteiger partial charge in [0.25, 0.3) is 10.0 Å². The fourth-order valence-corrected chi connectivity index (χ4v) is 6.91. The van der Waals surface area contributed by atoms with E-state index in [2.05, 4.69) is 4.90 Å². The van der Waals surface area contributed by atoms with Crippen LogP contribution in [0.3, 0.4) is 0 Å². The summed E-state index contributed by atoms with van der Waals surface area (Å²) in [6.45, 7) is 4.93. The number of alkyl halides is 3. The first-order valence-electron chi connectivity index (χ1n) is 11.0. The van der Waals surface area contributed by atoms with Gasteiger partial charge < -0.3 is 14.7 Å². The van der Waals surface area contributed by atoms with Crippen LogP contribution < -0.4 is 4.90 Å². The summed E-state index contributed by atoms with van der Waals surface area (Å²) < 4.78 is 73.2. The second kappa shape index (κ2) is 9.75. The van der Waals surface area contributed by atoms with Crippen LogP contribution in [0, 0.1) is 0 Å². The predicted octanol–water partition coefficient (Wildman–Crippen LogP) is 2.73. The fraction of sp³-hybridized carbons (Fsp3) is 0.545. The van der Waals surface area contributed by atoms with E-state index in [4.69, 9.17) is 4.74 Å². The molecule has 2 aromatic rings. The molecule has 0 saturated carbocycles. The van der Waals surface area contributed by atoms with E-state index >= 15 is 0 Å². The first-order valence-corrected chi connectivity index (χ1v) is 13.3. The van der Waals surface area contributed by atoms with Gasteiger partial charge >= 0.3 is 6.18 Å². The largest absolute Gasteiger partial charge is 0.421 e. The highest BCUT2D eigenvalue weighted by Crippen LogP contribution is 2.39. The van der Waals surface area contributed by atoms with Crippen LogP contribution in [-0.4, -0.2) is 87.4 Å². The van der Waals surface area contributed by atoms with Crippen LogP contribution in [0.4, 0.5) is 18.9 Å². The van der Waals surface area contributed by atoms with Gasteiger partial charge in [-0.2, -0.15) is 17.5 Å². The lowest BCUT2D eigenvalue weighted by atomic mass is 9.95. The monoisotopic (exact) mass is 519 g/mol. The molecule has 188 valence electrons. The molecule has 7 nitrogen and oxygen atoms in total. The molecule has 0 spiro atoms. The number of thiophene rings is 1. The first kappa shape index (κ1) is 25.4. The molecule has 0 bridgehead atoms. The number of morpholine rings is 1. The molecule has 4 rings (SSSR count). The van der Waals surface area contributed by atoms with Gasteiger partial charge in [-0.1, -0.05) is 18.2 Å². The van der Waals surface area contributed by atoms with E-state index in [0.29, 0.717) is 36.2 Å². The van der Waals surface area contributed by atoms with Crippen molar-refractivity contribution in [3.05, 3.63) is 47.3 Å². The van der Waals surface area contributed by atoms with Crippen molar-refractivity contribution in [1.29, 1.82) is 0 Å². The molecular weight excluding hydrogens is 491 g/mol. The normalized spacial score (nSPS) is 23.1. The number of hydrogen-bond acceptors (Lipinski definition) is 7. The van der Waals surface area contributed by atoms with Gasteiger partial charge in [-0.3, -0.25) is 4.90 Å². The van der Waals surface area contributed by atoms with E-state index in [0.717, 1.165) is 20.0 Å². The van der Waals surface area contributed by atoms with Gasteiger partial charge in [0.2, 0.25) is 0 Å². The van der Waals surface area contributed by atoms with Gasteiger partial charge in [0.15, 0.2) is 5.60 Å². The lowest BCUT2D eigenvalue weighted by Crippen LogP contribution is -2.59. The van der Waals surface area contributed by atoms with Crippen molar-refractivity contribution in [3.63, 3.8) is 0 Å². The average molecular weight is 520 g/mol. The number of ether oxygens (including phenoxy) is 1. The minimum absolute atomic E-state index is 0.199. The van der Waals surface area contributed by atoms with Crippen molar-refractivity contribution < 1.29 is 31.4 Å². The molecule has 1 aromatic carbocycles. The number of benzene rings is 1. The summed E-state index contributed by atoms with van der Waals surface area (Å²) in [5, 5.41) is 11.7. The molecule has 2 saturated heterocycles. The Morgan fingerprint density at radius 1 is 1.09 bits per heavy atom. The Kier molecular flexibility index (Phi) is 7.28. The molecule has 0 aliphatic carbocycles. The third-order valence-corrected chi connectivity index (χ3v) is 9.66. The van der Waals surface area contributed by atoms with Crippen LogP contribution in [0.2, 0.25) is 0 Å². The van der Waals surface area contributed by atoms with E-state index in [1.807, 2.05) is 4.90 Å². The molecule has 2 atom stereocenters. The quantitative estimate of drug-likeness (QED) is 0.633. The molecule has 12 heteroatoms. The molecule has 2 aliphatic heterocycles. The van der Waals surface area contributed by atoms with Crippen molar-refractivity contribution in [3.8, 4) is 0 Å². The number of halogens is 3. The van der Waals surface area contributed by atoms with Gasteiger partial charge in [0.1, 0.15) is 4.21 Å². The fourth-order valence-electron chi connectivity index (χ4n) is 4.30. The van der Waals surface area contributed by atoms with Crippen molar-refractivity contribution in [2.75, 3.05) is 57.4 Å². The number of piperazine rings is 1. The summed E-state index contributed by atoms with van der Waals surface area (Å²) in [6.07, 6.45) is -4.80. The van der Waals surface area contributed by atoms with E-state index in [1.54, 1.807) is 29.6 Å². The van der Waals surface area contributed by atoms with Gasteiger partial charge in [0, 0.05) is 45.0 Å². The third kappa shape index (κ3) is 5.12. The van der Waals surface area contributed by atoms with E-state index in [-0.39, 0.29) is 24.7 Å². The zero-order chi connectivity index (χ0) is 24.6. The summed E-state index contributed by atoms with van der Waals surface area (Å²) in [6, 6.07) is 8.78. The highest BCUT2D eigenvalue weighted by molar-refractivity contribution is 7.91. The van der Waals surface area contributed by atoms with E-state index in [1.165, 1.54) is 27.8 Å². The van der Waals surface area contributed by atoms with Crippen molar-refractivity contribution in [2.45, 2.75) is 29.0 Å². The molecule has 1 aromatic heterocycles. The summed E-state index contributed by atoms with van der Waals surface area (Å²) in [4.78, 5) is 4.26. The van der Waals surface area contributed by atoms with E-state index in [9.17, 15) is 26.7 Å². The number of rotatable bonds is 6. The molecule has 0 radical (unpaired) electrons. The molecule has 0 unspecified atom stereocenters. The number of hydrogen-bond donors (Lipinski definition) is 1. The van der Waals surface area contributed by atoms with Crippen LogP contribution in [0.15, 0.2) is 46.0 Å². The Morgan fingerprint density at radius 3 is 2.35 bits per heavy atom. The maximum absolute atomic E-state index is 13.2. The lowest BCUT2D eigenvalue weighted by Gasteiger charge is -2.44. The second-order valence-corrected chi connectivity index (χ2v) is 11.8. The Hall–Kier alpha value is -1.70. The van der Waals surface area contributed by atoms with Gasteiger partial charge in [-0.05, 0) is 36.1 Å². The molecule has 2 aliphatic rings. The summed E-state index contributed by atoms with van der Waals surface area (Å²) in [5.74, 6) is 0. The topological polar surface area (TPSA) is 73.3 Å². The standard InChI is InChI=1S/C22H28F3N3O4S2/c1-21(29,22(23,24)25)17-4-6-18(7-5-17)28-9-8-27(34(30,31)20-3-2-14-33-20)16-19(28)15-26-10-12-32-13-11-26/h2-7,14,19,29H,8-13,15-16H2,1H3/t19-,21-/m0/s1. The molecular formula is C22H28F3N3O4S2. The number of aliphatic hydroxyl groups is 1. The SMILES string of the molecule is C[C@](O)(c1ccc(N2CCN(S(=O)(=O)c3cccs3)C[C@@H]2CN2CCOCC2)cc1)C(F)(F)F. The van der Waals surface area contributed by atoms with Crippen LogP contribution in [0.5, 0.6) is 0 Å². The second-order valence-electron chi connectivity index (χ2n) is 8.67. The zero-order valence-corrected chi connectivity index (χ0v) is 20.4. The molecule has 34 heavy (non-hydrogen) atoms.